The Labute approximate surface area is 152 Å². The summed E-state index contributed by atoms with van der Waals surface area (Å²) in [6, 6.07) is 15.3. The van der Waals surface area contributed by atoms with E-state index in [0.29, 0.717) is 23.7 Å². The molecule has 0 unspecified atom stereocenters. The molecule has 1 fully saturated rings. The number of piperidine rings is 1. The molecule has 1 N–H and O–H groups in total. The van der Waals surface area contributed by atoms with Gasteiger partial charge < -0.3 is 9.52 Å². The van der Waals surface area contributed by atoms with E-state index in [4.69, 9.17) is 4.42 Å². The summed E-state index contributed by atoms with van der Waals surface area (Å²) in [5, 5.41) is 11.3. The van der Waals surface area contributed by atoms with E-state index in [1.165, 1.54) is 12.5 Å². The highest BCUT2D eigenvalue weighted by Gasteiger charge is 2.22. The third-order valence-electron chi connectivity index (χ3n) is 5.38. The van der Waals surface area contributed by atoms with Crippen molar-refractivity contribution in [1.82, 2.24) is 4.90 Å². The minimum atomic E-state index is -0.394. The number of fused-ring (bicyclic) bond motifs is 1. The summed E-state index contributed by atoms with van der Waals surface area (Å²) < 4.78 is 5.57. The van der Waals surface area contributed by atoms with Gasteiger partial charge in [-0.15, -0.1) is 0 Å². The molecule has 1 saturated heterocycles. The van der Waals surface area contributed by atoms with Crippen molar-refractivity contribution < 1.29 is 9.52 Å². The maximum Gasteiger partial charge on any atom is 0.336 e. The first kappa shape index (κ1) is 16.9. The quantitative estimate of drug-likeness (QED) is 0.705. The summed E-state index contributed by atoms with van der Waals surface area (Å²) in [4.78, 5) is 14.6. The SMILES string of the molecule is C[C@H]1CCCCN1Cc1c(O)ccc2c(-c3ccccc3)cc(=O)oc12. The Morgan fingerprint density at radius 1 is 1.15 bits per heavy atom. The molecule has 0 spiro atoms. The Kier molecular flexibility index (Phi) is 4.51. The van der Waals surface area contributed by atoms with E-state index in [2.05, 4.69) is 11.8 Å². The molecule has 2 aromatic carbocycles. The van der Waals surface area contributed by atoms with Gasteiger partial charge in [-0.1, -0.05) is 36.8 Å². The van der Waals surface area contributed by atoms with Crippen molar-refractivity contribution in [1.29, 1.82) is 0 Å². The molecule has 26 heavy (non-hydrogen) atoms. The minimum absolute atomic E-state index is 0.184. The summed E-state index contributed by atoms with van der Waals surface area (Å²) in [5.41, 5.74) is 2.60. The monoisotopic (exact) mass is 349 g/mol. The number of hydrogen-bond donors (Lipinski definition) is 1. The Hall–Kier alpha value is -2.59. The summed E-state index contributed by atoms with van der Waals surface area (Å²) in [5.74, 6) is 0.184. The van der Waals surface area contributed by atoms with Gasteiger partial charge in [-0.05, 0) is 49.6 Å². The Balaban J connectivity index is 1.87. The van der Waals surface area contributed by atoms with Crippen LogP contribution in [-0.4, -0.2) is 22.6 Å². The molecular weight excluding hydrogens is 326 g/mol. The number of hydrogen-bond acceptors (Lipinski definition) is 4. The summed E-state index contributed by atoms with van der Waals surface area (Å²) in [7, 11) is 0. The van der Waals surface area contributed by atoms with E-state index in [1.807, 2.05) is 36.4 Å². The molecule has 0 bridgehead atoms. The van der Waals surface area contributed by atoms with Crippen LogP contribution < -0.4 is 5.63 Å². The summed E-state index contributed by atoms with van der Waals surface area (Å²) in [6.07, 6.45) is 3.56. The maximum atomic E-state index is 12.2. The van der Waals surface area contributed by atoms with Crippen LogP contribution in [0.5, 0.6) is 5.75 Å². The smallest absolute Gasteiger partial charge is 0.336 e. The second-order valence-corrected chi connectivity index (χ2v) is 7.10. The number of benzene rings is 2. The standard InChI is InChI=1S/C22H23NO3/c1-15-7-5-6-12-23(15)14-19-20(24)11-10-17-18(13-21(25)26-22(17)19)16-8-3-2-4-9-16/h2-4,8-11,13,15,24H,5-7,12,14H2,1H3/t15-/m0/s1. The van der Waals surface area contributed by atoms with Crippen LogP contribution in [0.3, 0.4) is 0 Å². The molecule has 3 aromatic rings. The zero-order chi connectivity index (χ0) is 18.1. The molecule has 0 amide bonds. The molecular formula is C22H23NO3. The van der Waals surface area contributed by atoms with Gasteiger partial charge in [0.1, 0.15) is 11.3 Å². The number of phenols is 1. The van der Waals surface area contributed by atoms with Crippen molar-refractivity contribution in [3.8, 4) is 16.9 Å². The zero-order valence-electron chi connectivity index (χ0n) is 14.9. The van der Waals surface area contributed by atoms with Crippen molar-refractivity contribution in [3.63, 3.8) is 0 Å². The second-order valence-electron chi connectivity index (χ2n) is 7.10. The van der Waals surface area contributed by atoms with E-state index in [1.54, 1.807) is 6.07 Å². The predicted octanol–water partition coefficient (Wildman–Crippen LogP) is 4.54. The lowest BCUT2D eigenvalue weighted by Crippen LogP contribution is -2.36. The topological polar surface area (TPSA) is 53.7 Å². The first-order chi connectivity index (χ1) is 12.6. The number of aromatic hydroxyl groups is 1. The van der Waals surface area contributed by atoms with Crippen molar-refractivity contribution >= 4 is 11.0 Å². The van der Waals surface area contributed by atoms with Crippen LogP contribution in [0.15, 0.2) is 57.7 Å². The number of rotatable bonds is 3. The largest absolute Gasteiger partial charge is 0.507 e. The lowest BCUT2D eigenvalue weighted by molar-refractivity contribution is 0.151. The molecule has 1 aromatic heterocycles. The average Bonchev–Trinajstić information content (AvgIpc) is 2.66. The fourth-order valence-corrected chi connectivity index (χ4v) is 3.88. The molecule has 0 radical (unpaired) electrons. The van der Waals surface area contributed by atoms with Crippen LogP contribution in [-0.2, 0) is 6.54 Å². The lowest BCUT2D eigenvalue weighted by atomic mass is 9.98. The molecule has 2 heterocycles. The number of phenolic OH excluding ortho intramolecular Hbond substituents is 1. The zero-order valence-corrected chi connectivity index (χ0v) is 14.9. The third-order valence-corrected chi connectivity index (χ3v) is 5.38. The van der Waals surface area contributed by atoms with E-state index < -0.39 is 5.63 Å². The fourth-order valence-electron chi connectivity index (χ4n) is 3.88. The summed E-state index contributed by atoms with van der Waals surface area (Å²) >= 11 is 0. The Morgan fingerprint density at radius 2 is 1.96 bits per heavy atom. The molecule has 4 rings (SSSR count). The average molecular weight is 349 g/mol. The highest BCUT2D eigenvalue weighted by atomic mass is 16.4. The van der Waals surface area contributed by atoms with Gasteiger partial charge in [0.2, 0.25) is 0 Å². The lowest BCUT2D eigenvalue weighted by Gasteiger charge is -2.33. The molecule has 1 aliphatic rings. The van der Waals surface area contributed by atoms with Gasteiger partial charge in [-0.2, -0.15) is 0 Å². The van der Waals surface area contributed by atoms with Crippen LogP contribution in [0.2, 0.25) is 0 Å². The van der Waals surface area contributed by atoms with Crippen LogP contribution in [0.1, 0.15) is 31.7 Å². The number of likely N-dealkylation sites (tertiary alicyclic amines) is 1. The van der Waals surface area contributed by atoms with Gasteiger partial charge in [0.15, 0.2) is 0 Å². The molecule has 134 valence electrons. The van der Waals surface area contributed by atoms with Crippen LogP contribution in [0.25, 0.3) is 22.1 Å². The van der Waals surface area contributed by atoms with Crippen molar-refractivity contribution in [2.45, 2.75) is 38.8 Å². The van der Waals surface area contributed by atoms with Gasteiger partial charge in [-0.3, -0.25) is 4.90 Å². The first-order valence-corrected chi connectivity index (χ1v) is 9.21. The highest BCUT2D eigenvalue weighted by molar-refractivity contribution is 5.95. The summed E-state index contributed by atoms with van der Waals surface area (Å²) in [6.45, 7) is 3.80. The Morgan fingerprint density at radius 3 is 2.73 bits per heavy atom. The van der Waals surface area contributed by atoms with Crippen LogP contribution >= 0.6 is 0 Å². The Bertz CT molecular complexity index is 978. The second kappa shape index (κ2) is 6.96. The first-order valence-electron chi connectivity index (χ1n) is 9.21. The number of nitrogens with zero attached hydrogens (tertiary/aromatic N) is 1. The van der Waals surface area contributed by atoms with Crippen LogP contribution in [0, 0.1) is 0 Å². The molecule has 1 atom stereocenters. The maximum absolute atomic E-state index is 12.2. The molecule has 4 heteroatoms. The van der Waals surface area contributed by atoms with Gasteiger partial charge in [-0.25, -0.2) is 4.79 Å². The molecule has 0 aliphatic carbocycles. The third kappa shape index (κ3) is 3.13. The van der Waals surface area contributed by atoms with Gasteiger partial charge >= 0.3 is 5.63 Å². The predicted molar refractivity (Wildman–Crippen MR) is 103 cm³/mol. The van der Waals surface area contributed by atoms with Gasteiger partial charge in [0, 0.05) is 24.0 Å². The van der Waals surface area contributed by atoms with E-state index in [9.17, 15) is 9.90 Å². The highest BCUT2D eigenvalue weighted by Crippen LogP contribution is 2.34. The van der Waals surface area contributed by atoms with Gasteiger partial charge in [0.05, 0.1) is 5.56 Å². The van der Waals surface area contributed by atoms with Crippen LogP contribution in [0.4, 0.5) is 0 Å². The fraction of sp³-hybridized carbons (Fsp3) is 0.318. The van der Waals surface area contributed by atoms with Crippen molar-refractivity contribution in [2.24, 2.45) is 0 Å². The molecule has 4 nitrogen and oxygen atoms in total. The minimum Gasteiger partial charge on any atom is -0.507 e. The van der Waals surface area contributed by atoms with E-state index >= 15 is 0 Å². The molecule has 0 saturated carbocycles. The van der Waals surface area contributed by atoms with Crippen molar-refractivity contribution in [2.75, 3.05) is 6.54 Å². The van der Waals surface area contributed by atoms with E-state index in [0.717, 1.165) is 35.9 Å². The molecule has 1 aliphatic heterocycles. The normalized spacial score (nSPS) is 18.3. The van der Waals surface area contributed by atoms with Crippen molar-refractivity contribution in [3.05, 3.63) is 64.5 Å². The van der Waals surface area contributed by atoms with E-state index in [-0.39, 0.29) is 5.75 Å². The van der Waals surface area contributed by atoms with Gasteiger partial charge in [0.25, 0.3) is 0 Å².